The fourth-order valence-electron chi connectivity index (χ4n) is 0.843. The van der Waals surface area contributed by atoms with Crippen LogP contribution in [0.4, 0.5) is 0 Å². The molecule has 0 radical (unpaired) electrons. The Morgan fingerprint density at radius 2 is 2.18 bits per heavy atom. The van der Waals surface area contributed by atoms with Crippen LogP contribution in [0.15, 0.2) is 24.5 Å². The van der Waals surface area contributed by atoms with Crippen LogP contribution in [0, 0.1) is 3.83 Å². The van der Waals surface area contributed by atoms with Crippen LogP contribution in [0.3, 0.4) is 0 Å². The molecule has 0 atom stereocenters. The zero-order valence-corrected chi connectivity index (χ0v) is 7.69. The summed E-state index contributed by atoms with van der Waals surface area (Å²) >= 11 is 2.07. The van der Waals surface area contributed by atoms with Crippen molar-refractivity contribution in [3.8, 4) is 0 Å². The molecule has 0 saturated carbocycles. The van der Waals surface area contributed by atoms with E-state index in [0.29, 0.717) is 0 Å². The second kappa shape index (κ2) is 2.69. The van der Waals surface area contributed by atoms with Crippen molar-refractivity contribution in [3.05, 3.63) is 28.4 Å². The van der Waals surface area contributed by atoms with E-state index in [1.54, 1.807) is 12.4 Å². The average molecular weight is 257 g/mol. The van der Waals surface area contributed by atoms with E-state index < -0.39 is 0 Å². The van der Waals surface area contributed by atoms with Crippen molar-refractivity contribution < 1.29 is 0 Å². The standard InChI is InChI=1S/C7H4IN3/c8-7-10-4-5-2-1-3-9-6(5)11-7/h1-4H. The van der Waals surface area contributed by atoms with Crippen molar-refractivity contribution in [3.63, 3.8) is 0 Å². The lowest BCUT2D eigenvalue weighted by atomic mass is 10.3. The molecular formula is C7H4IN3. The van der Waals surface area contributed by atoms with Gasteiger partial charge in [0.2, 0.25) is 0 Å². The maximum atomic E-state index is 4.14. The Hall–Kier alpha value is -0.780. The fourth-order valence-corrected chi connectivity index (χ4v) is 1.21. The molecule has 4 heteroatoms. The molecule has 0 aliphatic rings. The second-order valence-corrected chi connectivity index (χ2v) is 3.02. The summed E-state index contributed by atoms with van der Waals surface area (Å²) in [7, 11) is 0. The summed E-state index contributed by atoms with van der Waals surface area (Å²) in [5.41, 5.74) is 0.756. The summed E-state index contributed by atoms with van der Waals surface area (Å²) in [6.45, 7) is 0. The molecule has 0 N–H and O–H groups in total. The predicted octanol–water partition coefficient (Wildman–Crippen LogP) is 1.63. The molecule has 3 nitrogen and oxygen atoms in total. The number of pyridine rings is 1. The van der Waals surface area contributed by atoms with Gasteiger partial charge in [0, 0.05) is 40.4 Å². The minimum atomic E-state index is 0.730. The minimum Gasteiger partial charge on any atom is -0.237 e. The fraction of sp³-hybridized carbons (Fsp3) is 0. The maximum absolute atomic E-state index is 4.14. The molecular weight excluding hydrogens is 253 g/mol. The topological polar surface area (TPSA) is 38.7 Å². The van der Waals surface area contributed by atoms with Crippen LogP contribution < -0.4 is 0 Å². The van der Waals surface area contributed by atoms with Crippen LogP contribution in [0.2, 0.25) is 0 Å². The van der Waals surface area contributed by atoms with Gasteiger partial charge in [-0.1, -0.05) is 0 Å². The molecule has 0 aliphatic heterocycles. The molecule has 2 heterocycles. The van der Waals surface area contributed by atoms with E-state index in [4.69, 9.17) is 0 Å². The first-order valence-corrected chi connectivity index (χ1v) is 4.17. The highest BCUT2D eigenvalue weighted by molar-refractivity contribution is 14.1. The first-order chi connectivity index (χ1) is 5.36. The van der Waals surface area contributed by atoms with Gasteiger partial charge in [-0.3, -0.25) is 0 Å². The third-order valence-corrected chi connectivity index (χ3v) is 1.84. The van der Waals surface area contributed by atoms with Crippen molar-refractivity contribution >= 4 is 33.6 Å². The van der Waals surface area contributed by atoms with Gasteiger partial charge in [0.05, 0.1) is 0 Å². The lowest BCUT2D eigenvalue weighted by Gasteiger charge is -1.93. The lowest BCUT2D eigenvalue weighted by Crippen LogP contribution is -1.88. The van der Waals surface area contributed by atoms with Crippen molar-refractivity contribution in [2.75, 3.05) is 0 Å². The van der Waals surface area contributed by atoms with Crippen LogP contribution in [-0.2, 0) is 0 Å². The third kappa shape index (κ3) is 1.30. The summed E-state index contributed by atoms with van der Waals surface area (Å²) in [6.07, 6.45) is 3.50. The largest absolute Gasteiger partial charge is 0.237 e. The number of hydrogen-bond donors (Lipinski definition) is 0. The molecule has 0 aromatic carbocycles. The number of fused-ring (bicyclic) bond motifs is 1. The Bertz CT molecular complexity index is 388. The van der Waals surface area contributed by atoms with Gasteiger partial charge in [-0.2, -0.15) is 0 Å². The van der Waals surface area contributed by atoms with E-state index in [-0.39, 0.29) is 0 Å². The Kier molecular flexibility index (Phi) is 1.69. The Morgan fingerprint density at radius 3 is 3.09 bits per heavy atom. The van der Waals surface area contributed by atoms with E-state index in [0.717, 1.165) is 14.9 Å². The summed E-state index contributed by atoms with van der Waals surface area (Å²) in [6, 6.07) is 3.82. The second-order valence-electron chi connectivity index (χ2n) is 2.06. The normalized spacial score (nSPS) is 10.3. The molecule has 0 bridgehead atoms. The molecule has 54 valence electrons. The molecule has 0 amide bonds. The number of hydrogen-bond acceptors (Lipinski definition) is 3. The Labute approximate surface area is 77.0 Å². The van der Waals surface area contributed by atoms with Gasteiger partial charge in [-0.15, -0.1) is 0 Å². The summed E-state index contributed by atoms with van der Waals surface area (Å²) in [5.74, 6) is 0. The molecule has 0 aliphatic carbocycles. The molecule has 11 heavy (non-hydrogen) atoms. The summed E-state index contributed by atoms with van der Waals surface area (Å²) in [4.78, 5) is 12.3. The maximum Gasteiger partial charge on any atom is 0.192 e. The Morgan fingerprint density at radius 1 is 1.27 bits per heavy atom. The van der Waals surface area contributed by atoms with Crippen LogP contribution in [0.1, 0.15) is 0 Å². The van der Waals surface area contributed by atoms with Gasteiger partial charge < -0.3 is 0 Å². The molecule has 0 fully saturated rings. The van der Waals surface area contributed by atoms with E-state index in [2.05, 4.69) is 37.5 Å². The molecule has 0 unspecified atom stereocenters. The van der Waals surface area contributed by atoms with Crippen LogP contribution in [0.25, 0.3) is 11.0 Å². The highest BCUT2D eigenvalue weighted by atomic mass is 127. The first-order valence-electron chi connectivity index (χ1n) is 3.09. The average Bonchev–Trinajstić information content (AvgIpc) is 2.04. The highest BCUT2D eigenvalue weighted by Gasteiger charge is 1.94. The smallest absolute Gasteiger partial charge is 0.192 e. The SMILES string of the molecule is Ic1ncc2cccnc2n1. The molecule has 2 aromatic heterocycles. The van der Waals surface area contributed by atoms with Crippen LogP contribution >= 0.6 is 22.6 Å². The van der Waals surface area contributed by atoms with E-state index in [1.165, 1.54) is 0 Å². The lowest BCUT2D eigenvalue weighted by molar-refractivity contribution is 1.12. The van der Waals surface area contributed by atoms with Gasteiger partial charge in [0.25, 0.3) is 0 Å². The van der Waals surface area contributed by atoms with E-state index in [1.807, 2.05) is 12.1 Å². The van der Waals surface area contributed by atoms with Crippen molar-refractivity contribution in [2.45, 2.75) is 0 Å². The first kappa shape index (κ1) is 6.90. The molecule has 0 saturated heterocycles. The molecule has 2 aromatic rings. The third-order valence-electron chi connectivity index (χ3n) is 1.33. The zero-order chi connectivity index (χ0) is 7.68. The summed E-state index contributed by atoms with van der Waals surface area (Å²) in [5, 5.41) is 0.980. The van der Waals surface area contributed by atoms with E-state index in [9.17, 15) is 0 Å². The van der Waals surface area contributed by atoms with Crippen LogP contribution in [-0.4, -0.2) is 15.0 Å². The van der Waals surface area contributed by atoms with Crippen LogP contribution in [0.5, 0.6) is 0 Å². The van der Waals surface area contributed by atoms with Crippen molar-refractivity contribution in [1.29, 1.82) is 0 Å². The molecule has 0 spiro atoms. The van der Waals surface area contributed by atoms with Gasteiger partial charge in [0.1, 0.15) is 0 Å². The van der Waals surface area contributed by atoms with Crippen molar-refractivity contribution in [2.24, 2.45) is 0 Å². The number of rotatable bonds is 0. The van der Waals surface area contributed by atoms with Gasteiger partial charge >= 0.3 is 0 Å². The van der Waals surface area contributed by atoms with E-state index >= 15 is 0 Å². The quantitative estimate of drug-likeness (QED) is 0.531. The number of aromatic nitrogens is 3. The van der Waals surface area contributed by atoms with Gasteiger partial charge in [-0.05, 0) is 12.1 Å². The monoisotopic (exact) mass is 257 g/mol. The van der Waals surface area contributed by atoms with Gasteiger partial charge in [0.15, 0.2) is 9.48 Å². The highest BCUT2D eigenvalue weighted by Crippen LogP contribution is 2.06. The number of nitrogens with zero attached hydrogens (tertiary/aromatic N) is 3. The zero-order valence-electron chi connectivity index (χ0n) is 5.53. The number of halogens is 1. The predicted molar refractivity (Wildman–Crippen MR) is 50.1 cm³/mol. The minimum absolute atomic E-state index is 0.730. The Balaban J connectivity index is 2.83. The van der Waals surface area contributed by atoms with Gasteiger partial charge in [-0.25, -0.2) is 15.0 Å². The summed E-state index contributed by atoms with van der Waals surface area (Å²) < 4.78 is 0.730. The molecule has 2 rings (SSSR count). The van der Waals surface area contributed by atoms with Crippen molar-refractivity contribution in [1.82, 2.24) is 15.0 Å².